The molecule has 0 saturated carbocycles. The number of nitrogens with two attached hydrogens (primary N) is 1. The van der Waals surface area contributed by atoms with E-state index in [9.17, 15) is 20.1 Å². The highest BCUT2D eigenvalue weighted by atomic mass is 16.4. The number of aliphatic carboxylic acids is 1. The maximum absolute atomic E-state index is 10.6. The maximum Gasteiger partial charge on any atom is 0.320 e. The molecule has 1 unspecified atom stereocenters. The predicted molar refractivity (Wildman–Crippen MR) is 55.5 cm³/mol. The second kappa shape index (κ2) is 4.28. The predicted octanol–water partition coefficient (Wildman–Crippen LogP) is 0.0662. The van der Waals surface area contributed by atoms with E-state index in [4.69, 9.17) is 10.8 Å². The smallest absolute Gasteiger partial charge is 0.320 e. The van der Waals surface area contributed by atoms with Crippen molar-refractivity contribution in [3.05, 3.63) is 17.2 Å². The first-order valence-corrected chi connectivity index (χ1v) is 4.56. The summed E-state index contributed by atoms with van der Waals surface area (Å²) in [6, 6.07) is 0.0624. The van der Waals surface area contributed by atoms with Crippen LogP contribution in [-0.4, -0.2) is 32.4 Å². The Balaban J connectivity index is 3.14. The Bertz CT molecular complexity index is 430. The van der Waals surface area contributed by atoms with E-state index in [0.29, 0.717) is 5.56 Å². The van der Waals surface area contributed by atoms with Crippen LogP contribution in [0, 0.1) is 6.92 Å². The monoisotopic (exact) mass is 227 g/mol. The maximum atomic E-state index is 10.6. The van der Waals surface area contributed by atoms with Crippen LogP contribution in [0.3, 0.4) is 0 Å². The Morgan fingerprint density at radius 1 is 1.38 bits per heavy atom. The Kier molecular flexibility index (Phi) is 3.24. The summed E-state index contributed by atoms with van der Waals surface area (Å²) in [6.45, 7) is 1.57. The summed E-state index contributed by atoms with van der Waals surface area (Å²) < 4.78 is 0. The Hall–Kier alpha value is -1.95. The summed E-state index contributed by atoms with van der Waals surface area (Å²) in [5.41, 5.74) is 6.00. The number of carbonyl (C=O) groups is 1. The van der Waals surface area contributed by atoms with Gasteiger partial charge >= 0.3 is 5.97 Å². The van der Waals surface area contributed by atoms with Gasteiger partial charge in [0.2, 0.25) is 5.75 Å². The molecule has 0 aliphatic carbocycles. The second-order valence-corrected chi connectivity index (χ2v) is 3.54. The third-order valence-electron chi connectivity index (χ3n) is 2.32. The quantitative estimate of drug-likeness (QED) is 0.465. The van der Waals surface area contributed by atoms with Gasteiger partial charge in [0.1, 0.15) is 6.04 Å². The van der Waals surface area contributed by atoms with Gasteiger partial charge in [0.05, 0.1) is 0 Å². The standard InChI is InChI=1S/C10H13NO5/c1-4-2-7(12)9(14)8(13)5(4)3-6(11)10(15)16/h2,6,12-14H,3,11H2,1H3,(H,15,16). The van der Waals surface area contributed by atoms with Gasteiger partial charge in [-0.05, 0) is 18.6 Å². The minimum absolute atomic E-state index is 0.124. The highest BCUT2D eigenvalue weighted by molar-refractivity contribution is 5.74. The highest BCUT2D eigenvalue weighted by Crippen LogP contribution is 2.39. The van der Waals surface area contributed by atoms with Crippen LogP contribution in [-0.2, 0) is 11.2 Å². The van der Waals surface area contributed by atoms with Crippen LogP contribution in [0.5, 0.6) is 17.2 Å². The van der Waals surface area contributed by atoms with Gasteiger partial charge in [0, 0.05) is 12.0 Å². The zero-order chi connectivity index (χ0) is 12.5. The van der Waals surface area contributed by atoms with E-state index in [1.54, 1.807) is 6.92 Å². The van der Waals surface area contributed by atoms with Crippen molar-refractivity contribution in [3.63, 3.8) is 0 Å². The molecule has 88 valence electrons. The molecule has 0 bridgehead atoms. The van der Waals surface area contributed by atoms with Crippen LogP contribution in [0.15, 0.2) is 6.07 Å². The van der Waals surface area contributed by atoms with Gasteiger partial charge < -0.3 is 26.2 Å². The summed E-state index contributed by atoms with van der Waals surface area (Å²) >= 11 is 0. The molecule has 6 N–H and O–H groups in total. The third-order valence-corrected chi connectivity index (χ3v) is 2.32. The fourth-order valence-corrected chi connectivity index (χ4v) is 1.38. The fourth-order valence-electron chi connectivity index (χ4n) is 1.38. The Morgan fingerprint density at radius 2 is 1.94 bits per heavy atom. The van der Waals surface area contributed by atoms with Crippen molar-refractivity contribution in [1.82, 2.24) is 0 Å². The molecule has 0 radical (unpaired) electrons. The summed E-state index contributed by atoms with van der Waals surface area (Å²) in [5.74, 6) is -2.86. The van der Waals surface area contributed by atoms with Crippen LogP contribution in [0.4, 0.5) is 0 Å². The molecule has 0 aliphatic heterocycles. The number of hydrogen-bond donors (Lipinski definition) is 5. The number of aryl methyl sites for hydroxylation is 1. The molecule has 0 saturated heterocycles. The van der Waals surface area contributed by atoms with Gasteiger partial charge in [-0.25, -0.2) is 0 Å². The van der Waals surface area contributed by atoms with Crippen molar-refractivity contribution in [2.75, 3.05) is 0 Å². The summed E-state index contributed by atoms with van der Waals surface area (Å²) in [6.07, 6.45) is -0.124. The third kappa shape index (κ3) is 2.17. The molecule has 1 aromatic rings. The van der Waals surface area contributed by atoms with E-state index in [2.05, 4.69) is 0 Å². The molecule has 0 aliphatic rings. The zero-order valence-electron chi connectivity index (χ0n) is 8.64. The van der Waals surface area contributed by atoms with Crippen LogP contribution in [0.25, 0.3) is 0 Å². The van der Waals surface area contributed by atoms with E-state index in [0.717, 1.165) is 0 Å². The van der Waals surface area contributed by atoms with E-state index < -0.39 is 29.3 Å². The molecule has 0 spiro atoms. The minimum atomic E-state index is -1.20. The molecule has 1 aromatic carbocycles. The highest BCUT2D eigenvalue weighted by Gasteiger charge is 2.20. The zero-order valence-corrected chi connectivity index (χ0v) is 8.64. The SMILES string of the molecule is Cc1cc(O)c(O)c(O)c1CC(N)C(=O)O. The molecule has 1 rings (SSSR count). The molecular weight excluding hydrogens is 214 g/mol. The first-order chi connectivity index (χ1) is 7.34. The van der Waals surface area contributed by atoms with Crippen molar-refractivity contribution in [3.8, 4) is 17.2 Å². The van der Waals surface area contributed by atoms with Gasteiger partial charge in [-0.1, -0.05) is 0 Å². The molecule has 6 heteroatoms. The molecular formula is C10H13NO5. The van der Waals surface area contributed by atoms with E-state index in [-0.39, 0.29) is 12.0 Å². The average molecular weight is 227 g/mol. The van der Waals surface area contributed by atoms with Crippen LogP contribution < -0.4 is 5.73 Å². The first-order valence-electron chi connectivity index (χ1n) is 4.56. The average Bonchev–Trinajstić information content (AvgIpc) is 2.20. The van der Waals surface area contributed by atoms with E-state index >= 15 is 0 Å². The molecule has 16 heavy (non-hydrogen) atoms. The molecule has 0 amide bonds. The number of carboxylic acids is 1. The lowest BCUT2D eigenvalue weighted by atomic mass is 9.99. The number of carboxylic acid groups (broad SMARTS) is 1. The first kappa shape index (κ1) is 12.1. The Labute approximate surface area is 91.6 Å². The van der Waals surface area contributed by atoms with Crippen molar-refractivity contribution in [2.45, 2.75) is 19.4 Å². The number of phenols is 3. The van der Waals surface area contributed by atoms with Crippen LogP contribution in [0.1, 0.15) is 11.1 Å². The van der Waals surface area contributed by atoms with Crippen molar-refractivity contribution in [2.24, 2.45) is 5.73 Å². The lowest BCUT2D eigenvalue weighted by Gasteiger charge is -2.13. The minimum Gasteiger partial charge on any atom is -0.504 e. The number of rotatable bonds is 3. The van der Waals surface area contributed by atoms with Gasteiger partial charge in [0.15, 0.2) is 11.5 Å². The number of aromatic hydroxyl groups is 3. The van der Waals surface area contributed by atoms with Crippen molar-refractivity contribution < 1.29 is 25.2 Å². The van der Waals surface area contributed by atoms with Crippen molar-refractivity contribution >= 4 is 5.97 Å². The summed E-state index contributed by atoms with van der Waals surface area (Å²) in [5, 5.41) is 36.6. The molecule has 0 fully saturated rings. The second-order valence-electron chi connectivity index (χ2n) is 3.54. The molecule has 0 heterocycles. The molecule has 1 atom stereocenters. The largest absolute Gasteiger partial charge is 0.504 e. The van der Waals surface area contributed by atoms with Gasteiger partial charge in [-0.15, -0.1) is 0 Å². The fraction of sp³-hybridized carbons (Fsp3) is 0.300. The molecule has 0 aromatic heterocycles. The normalized spacial score (nSPS) is 12.4. The number of phenolic OH excluding ortho intramolecular Hbond substituents is 3. The van der Waals surface area contributed by atoms with Crippen LogP contribution in [0.2, 0.25) is 0 Å². The summed E-state index contributed by atoms with van der Waals surface area (Å²) in [4.78, 5) is 10.6. The van der Waals surface area contributed by atoms with Gasteiger partial charge in [-0.2, -0.15) is 0 Å². The lowest BCUT2D eigenvalue weighted by molar-refractivity contribution is -0.138. The van der Waals surface area contributed by atoms with E-state index in [1.165, 1.54) is 6.07 Å². The van der Waals surface area contributed by atoms with Gasteiger partial charge in [-0.3, -0.25) is 4.79 Å². The summed E-state index contributed by atoms with van der Waals surface area (Å²) in [7, 11) is 0. The van der Waals surface area contributed by atoms with Gasteiger partial charge in [0.25, 0.3) is 0 Å². The van der Waals surface area contributed by atoms with Crippen molar-refractivity contribution in [1.29, 1.82) is 0 Å². The number of benzene rings is 1. The lowest BCUT2D eigenvalue weighted by Crippen LogP contribution is -2.32. The molecule has 6 nitrogen and oxygen atoms in total. The van der Waals surface area contributed by atoms with Crippen LogP contribution >= 0.6 is 0 Å². The number of hydrogen-bond acceptors (Lipinski definition) is 5. The topological polar surface area (TPSA) is 124 Å². The van der Waals surface area contributed by atoms with E-state index in [1.807, 2.05) is 0 Å². The Morgan fingerprint density at radius 3 is 2.44 bits per heavy atom.